The summed E-state index contributed by atoms with van der Waals surface area (Å²) in [6.45, 7) is 7.33. The van der Waals surface area contributed by atoms with E-state index >= 15 is 0 Å². The molecule has 0 saturated heterocycles. The Hall–Kier alpha value is -2.33. The molecule has 0 spiro atoms. The van der Waals surface area contributed by atoms with Crippen molar-refractivity contribution in [3.63, 3.8) is 0 Å². The lowest BCUT2D eigenvalue weighted by molar-refractivity contribution is 0.1000. The van der Waals surface area contributed by atoms with Crippen LogP contribution in [0.3, 0.4) is 0 Å². The molecule has 1 unspecified atom stereocenters. The van der Waals surface area contributed by atoms with Crippen LogP contribution in [0, 0.1) is 0 Å². The van der Waals surface area contributed by atoms with Crippen LogP contribution in [-0.2, 0) is 6.54 Å². The van der Waals surface area contributed by atoms with Gasteiger partial charge in [0.2, 0.25) is 5.91 Å². The van der Waals surface area contributed by atoms with Gasteiger partial charge in [-0.2, -0.15) is 0 Å². The highest BCUT2D eigenvalue weighted by atomic mass is 127. The van der Waals surface area contributed by atoms with Crippen molar-refractivity contribution in [3.05, 3.63) is 65.2 Å². The second kappa shape index (κ2) is 13.1. The summed E-state index contributed by atoms with van der Waals surface area (Å²) in [7, 11) is 0. The van der Waals surface area contributed by atoms with Gasteiger partial charge < -0.3 is 26.2 Å². The molecule has 0 radical (unpaired) electrons. The van der Waals surface area contributed by atoms with E-state index < -0.39 is 12.0 Å². The van der Waals surface area contributed by atoms with Crippen LogP contribution in [0.25, 0.3) is 0 Å². The van der Waals surface area contributed by atoms with Gasteiger partial charge in [-0.3, -0.25) is 4.79 Å². The Morgan fingerprint density at radius 3 is 2.47 bits per heavy atom. The zero-order chi connectivity index (χ0) is 21.2. The Labute approximate surface area is 195 Å². The monoisotopic (exact) mass is 526 g/mol. The van der Waals surface area contributed by atoms with E-state index in [4.69, 9.17) is 10.5 Å². The van der Waals surface area contributed by atoms with Crippen LogP contribution in [-0.4, -0.2) is 36.2 Å². The molecule has 1 atom stereocenters. The van der Waals surface area contributed by atoms with Gasteiger partial charge in [-0.1, -0.05) is 24.3 Å². The molecule has 164 valence electrons. The largest absolute Gasteiger partial charge is 0.491 e. The van der Waals surface area contributed by atoms with E-state index in [1.54, 1.807) is 12.1 Å². The highest BCUT2D eigenvalue weighted by Crippen LogP contribution is 2.20. The van der Waals surface area contributed by atoms with Gasteiger partial charge in [0, 0.05) is 18.7 Å². The number of benzene rings is 2. The number of aliphatic hydroxyl groups is 1. The summed E-state index contributed by atoms with van der Waals surface area (Å²) in [6.07, 6.45) is -0.630. The van der Waals surface area contributed by atoms with Gasteiger partial charge in [-0.05, 0) is 56.2 Å². The van der Waals surface area contributed by atoms with Gasteiger partial charge in [0.1, 0.15) is 5.75 Å². The summed E-state index contributed by atoms with van der Waals surface area (Å²) >= 11 is 0. The second-order valence-corrected chi connectivity index (χ2v) is 6.89. The van der Waals surface area contributed by atoms with Crippen LogP contribution in [0.4, 0.5) is 0 Å². The fraction of sp³-hybridized carbons (Fsp3) is 0.364. The molecule has 2 aromatic carbocycles. The van der Waals surface area contributed by atoms with Crippen molar-refractivity contribution in [2.24, 2.45) is 10.7 Å². The molecule has 5 N–H and O–H groups in total. The number of nitrogens with two attached hydrogens (primary N) is 1. The normalized spacial score (nSPS) is 12.1. The number of carbonyl (C=O) groups excluding carboxylic acids is 1. The molecule has 7 nitrogen and oxygen atoms in total. The second-order valence-electron chi connectivity index (χ2n) is 6.89. The molecule has 0 saturated carbocycles. The summed E-state index contributed by atoms with van der Waals surface area (Å²) in [6, 6.07) is 14.5. The molecule has 0 aliphatic rings. The summed E-state index contributed by atoms with van der Waals surface area (Å²) < 4.78 is 5.68. The number of rotatable bonds is 9. The molecule has 30 heavy (non-hydrogen) atoms. The third-order valence-corrected chi connectivity index (χ3v) is 4.08. The topological polar surface area (TPSA) is 109 Å². The summed E-state index contributed by atoms with van der Waals surface area (Å²) in [5.74, 6) is 0.878. The third-order valence-electron chi connectivity index (χ3n) is 4.08. The zero-order valence-corrected chi connectivity index (χ0v) is 19.9. The minimum atomic E-state index is -0.704. The fourth-order valence-corrected chi connectivity index (χ4v) is 2.67. The number of hydrogen-bond acceptors (Lipinski definition) is 4. The number of aliphatic imine (C=N–C) groups is 1. The van der Waals surface area contributed by atoms with E-state index in [9.17, 15) is 9.90 Å². The van der Waals surface area contributed by atoms with E-state index in [1.165, 1.54) is 0 Å². The predicted octanol–water partition coefficient (Wildman–Crippen LogP) is 2.98. The minimum absolute atomic E-state index is 0. The zero-order valence-electron chi connectivity index (χ0n) is 17.6. The van der Waals surface area contributed by atoms with Crippen molar-refractivity contribution in [1.82, 2.24) is 10.6 Å². The van der Waals surface area contributed by atoms with E-state index in [-0.39, 0.29) is 30.1 Å². The quantitative estimate of drug-likeness (QED) is 0.228. The van der Waals surface area contributed by atoms with E-state index in [0.29, 0.717) is 31.2 Å². The van der Waals surface area contributed by atoms with Crippen molar-refractivity contribution in [2.75, 3.05) is 13.1 Å². The van der Waals surface area contributed by atoms with E-state index in [1.807, 2.05) is 57.2 Å². The molecule has 2 aromatic rings. The van der Waals surface area contributed by atoms with E-state index in [2.05, 4.69) is 15.6 Å². The van der Waals surface area contributed by atoms with Gasteiger partial charge in [0.25, 0.3) is 0 Å². The van der Waals surface area contributed by atoms with Crippen LogP contribution in [0.5, 0.6) is 5.75 Å². The lowest BCUT2D eigenvalue weighted by atomic mass is 10.1. The number of ether oxygens (including phenoxy) is 1. The van der Waals surface area contributed by atoms with Crippen molar-refractivity contribution in [1.29, 1.82) is 0 Å². The molecule has 0 aromatic heterocycles. The number of aliphatic hydroxyl groups excluding tert-OH is 1. The third kappa shape index (κ3) is 8.58. The maximum Gasteiger partial charge on any atom is 0.248 e. The average molecular weight is 526 g/mol. The van der Waals surface area contributed by atoms with Crippen LogP contribution < -0.4 is 21.1 Å². The first-order chi connectivity index (χ1) is 13.9. The highest BCUT2D eigenvalue weighted by molar-refractivity contribution is 14.0. The Morgan fingerprint density at radius 2 is 1.87 bits per heavy atom. The van der Waals surface area contributed by atoms with Crippen molar-refractivity contribution in [3.8, 4) is 5.75 Å². The Bertz CT molecular complexity index is 825. The first kappa shape index (κ1) is 25.7. The molecule has 2 rings (SSSR count). The summed E-state index contributed by atoms with van der Waals surface area (Å²) in [4.78, 5) is 15.7. The number of primary amides is 1. The van der Waals surface area contributed by atoms with E-state index in [0.717, 1.165) is 16.9 Å². The first-order valence-corrected chi connectivity index (χ1v) is 9.74. The maximum atomic E-state index is 11.1. The molecular formula is C22H31IN4O3. The fourth-order valence-electron chi connectivity index (χ4n) is 2.67. The Balaban J connectivity index is 0.00000450. The maximum absolute atomic E-state index is 11.1. The smallest absolute Gasteiger partial charge is 0.248 e. The molecule has 0 heterocycles. The molecular weight excluding hydrogens is 495 g/mol. The molecule has 0 aliphatic heterocycles. The van der Waals surface area contributed by atoms with Crippen molar-refractivity contribution < 1.29 is 14.6 Å². The number of amides is 1. The molecule has 0 fully saturated rings. The summed E-state index contributed by atoms with van der Waals surface area (Å²) in [5.41, 5.74) is 7.45. The molecule has 0 bridgehead atoms. The van der Waals surface area contributed by atoms with Crippen LogP contribution >= 0.6 is 24.0 Å². The predicted molar refractivity (Wildman–Crippen MR) is 130 cm³/mol. The SMILES string of the molecule is CCNC(=NCc1ccc(C(N)=O)cc1)NCC(O)c1cccc(OC(C)C)c1.I. The van der Waals surface area contributed by atoms with Gasteiger partial charge in [0.05, 0.1) is 18.8 Å². The Morgan fingerprint density at radius 1 is 1.17 bits per heavy atom. The molecule has 0 aliphatic carbocycles. The van der Waals surface area contributed by atoms with Crippen LogP contribution in [0.2, 0.25) is 0 Å². The number of nitrogens with one attached hydrogen (secondary N) is 2. The number of guanidine groups is 1. The standard InChI is InChI=1S/C22H30N4O3.HI/c1-4-24-22(25-13-16-8-10-17(11-9-16)21(23)28)26-14-20(27)18-6-5-7-19(12-18)29-15(2)3;/h5-12,15,20,27H,4,13-14H2,1-3H3,(H2,23,28)(H2,24,25,26);1H. The number of carbonyl (C=O) groups is 1. The first-order valence-electron chi connectivity index (χ1n) is 9.74. The van der Waals surface area contributed by atoms with Crippen LogP contribution in [0.15, 0.2) is 53.5 Å². The van der Waals surface area contributed by atoms with Gasteiger partial charge in [0.15, 0.2) is 5.96 Å². The lowest BCUT2D eigenvalue weighted by Gasteiger charge is -2.17. The average Bonchev–Trinajstić information content (AvgIpc) is 2.69. The lowest BCUT2D eigenvalue weighted by Crippen LogP contribution is -2.39. The van der Waals surface area contributed by atoms with Gasteiger partial charge >= 0.3 is 0 Å². The van der Waals surface area contributed by atoms with Crippen LogP contribution in [0.1, 0.15) is 48.4 Å². The molecule has 1 amide bonds. The van der Waals surface area contributed by atoms with Crippen molar-refractivity contribution in [2.45, 2.75) is 39.5 Å². The number of hydrogen-bond donors (Lipinski definition) is 4. The minimum Gasteiger partial charge on any atom is -0.491 e. The Kier molecular flexibility index (Phi) is 11.2. The number of halogens is 1. The molecule has 8 heteroatoms. The van der Waals surface area contributed by atoms with Gasteiger partial charge in [-0.25, -0.2) is 4.99 Å². The van der Waals surface area contributed by atoms with Crippen molar-refractivity contribution >= 4 is 35.8 Å². The van der Waals surface area contributed by atoms with Gasteiger partial charge in [-0.15, -0.1) is 24.0 Å². The highest BCUT2D eigenvalue weighted by Gasteiger charge is 2.10. The summed E-state index contributed by atoms with van der Waals surface area (Å²) in [5, 5.41) is 16.8. The number of nitrogens with zero attached hydrogens (tertiary/aromatic N) is 1.